The second kappa shape index (κ2) is 5.93. The standard InChI is InChI=1S/C11H12Cl2N2O3/c1-3-4-7(11(17)18)14-10(16)8-5-6(12)9(13)15(8)2/h3,5,7H,1,4H2,2H3,(H,14,16)(H,17,18). The highest BCUT2D eigenvalue weighted by Crippen LogP contribution is 2.25. The zero-order chi connectivity index (χ0) is 13.9. The Bertz CT molecular complexity index is 497. The van der Waals surface area contributed by atoms with Gasteiger partial charge in [-0.2, -0.15) is 0 Å². The fourth-order valence-corrected chi connectivity index (χ4v) is 1.76. The summed E-state index contributed by atoms with van der Waals surface area (Å²) in [5, 5.41) is 11.7. The second-order valence-corrected chi connectivity index (χ2v) is 4.38. The molecule has 0 bridgehead atoms. The summed E-state index contributed by atoms with van der Waals surface area (Å²) in [5.41, 5.74) is 0.195. The Labute approximate surface area is 114 Å². The van der Waals surface area contributed by atoms with Crippen molar-refractivity contribution in [1.29, 1.82) is 0 Å². The first kappa shape index (κ1) is 14.6. The number of carboxylic acid groups (broad SMARTS) is 1. The fourth-order valence-electron chi connectivity index (χ4n) is 1.38. The minimum atomic E-state index is -1.13. The number of nitrogens with one attached hydrogen (secondary N) is 1. The molecule has 1 heterocycles. The van der Waals surface area contributed by atoms with Crippen molar-refractivity contribution >= 4 is 35.1 Å². The SMILES string of the molecule is C=CCC(NC(=O)c1cc(Cl)c(Cl)n1C)C(=O)O. The molecule has 1 atom stereocenters. The third-order valence-corrected chi connectivity index (χ3v) is 3.20. The molecule has 0 saturated heterocycles. The molecule has 98 valence electrons. The van der Waals surface area contributed by atoms with Gasteiger partial charge < -0.3 is 15.0 Å². The molecular weight excluding hydrogens is 279 g/mol. The predicted octanol–water partition coefficient (Wildman–Crippen LogP) is 2.09. The lowest BCUT2D eigenvalue weighted by Gasteiger charge is -2.12. The molecule has 1 aromatic heterocycles. The molecule has 1 unspecified atom stereocenters. The van der Waals surface area contributed by atoms with Crippen molar-refractivity contribution in [3.63, 3.8) is 0 Å². The molecule has 5 nitrogen and oxygen atoms in total. The van der Waals surface area contributed by atoms with E-state index in [1.807, 2.05) is 0 Å². The second-order valence-electron chi connectivity index (χ2n) is 3.62. The van der Waals surface area contributed by atoms with Crippen molar-refractivity contribution in [2.45, 2.75) is 12.5 Å². The average molecular weight is 291 g/mol. The molecular formula is C11H12Cl2N2O3. The number of carbonyl (C=O) groups excluding carboxylic acids is 1. The summed E-state index contributed by atoms with van der Waals surface area (Å²) < 4.78 is 1.38. The molecule has 2 N–H and O–H groups in total. The van der Waals surface area contributed by atoms with Gasteiger partial charge in [-0.15, -0.1) is 6.58 Å². The Morgan fingerprint density at radius 3 is 2.61 bits per heavy atom. The number of aromatic nitrogens is 1. The van der Waals surface area contributed by atoms with Gasteiger partial charge in [0.25, 0.3) is 5.91 Å². The fraction of sp³-hybridized carbons (Fsp3) is 0.273. The lowest BCUT2D eigenvalue weighted by molar-refractivity contribution is -0.139. The van der Waals surface area contributed by atoms with E-state index >= 15 is 0 Å². The number of halogens is 2. The summed E-state index contributed by atoms with van der Waals surface area (Å²) in [6.07, 6.45) is 1.55. The third-order valence-electron chi connectivity index (χ3n) is 2.35. The first-order valence-corrected chi connectivity index (χ1v) is 5.79. The van der Waals surface area contributed by atoms with Gasteiger partial charge in [-0.3, -0.25) is 4.79 Å². The number of aliphatic carboxylic acids is 1. The number of hydrogen-bond acceptors (Lipinski definition) is 2. The van der Waals surface area contributed by atoms with E-state index in [4.69, 9.17) is 28.3 Å². The topological polar surface area (TPSA) is 71.3 Å². The molecule has 0 aliphatic rings. The van der Waals surface area contributed by atoms with Crippen molar-refractivity contribution in [2.75, 3.05) is 0 Å². The third kappa shape index (κ3) is 3.05. The smallest absolute Gasteiger partial charge is 0.326 e. The lowest BCUT2D eigenvalue weighted by Crippen LogP contribution is -2.41. The van der Waals surface area contributed by atoms with E-state index in [-0.39, 0.29) is 22.3 Å². The van der Waals surface area contributed by atoms with Crippen LogP contribution in [0.3, 0.4) is 0 Å². The van der Waals surface area contributed by atoms with Crippen LogP contribution in [-0.4, -0.2) is 27.6 Å². The molecule has 18 heavy (non-hydrogen) atoms. The molecule has 1 aromatic rings. The minimum absolute atomic E-state index is 0.132. The van der Waals surface area contributed by atoms with E-state index in [1.54, 1.807) is 7.05 Å². The van der Waals surface area contributed by atoms with Gasteiger partial charge in [-0.05, 0) is 12.5 Å². The van der Waals surface area contributed by atoms with Crippen LogP contribution in [0.1, 0.15) is 16.9 Å². The maximum absolute atomic E-state index is 11.9. The van der Waals surface area contributed by atoms with Gasteiger partial charge in [0.2, 0.25) is 0 Å². The van der Waals surface area contributed by atoms with Crippen molar-refractivity contribution in [1.82, 2.24) is 9.88 Å². The first-order valence-electron chi connectivity index (χ1n) is 5.03. The van der Waals surface area contributed by atoms with Crippen LogP contribution in [0.5, 0.6) is 0 Å². The van der Waals surface area contributed by atoms with E-state index in [1.165, 1.54) is 16.7 Å². The van der Waals surface area contributed by atoms with Gasteiger partial charge >= 0.3 is 5.97 Å². The highest BCUT2D eigenvalue weighted by molar-refractivity contribution is 6.41. The number of carboxylic acids is 1. The van der Waals surface area contributed by atoms with Crippen LogP contribution in [0.4, 0.5) is 0 Å². The number of amides is 1. The summed E-state index contributed by atoms with van der Waals surface area (Å²) in [6, 6.07) is 0.355. The van der Waals surface area contributed by atoms with Gasteiger partial charge in [0.1, 0.15) is 16.9 Å². The number of rotatable bonds is 5. The summed E-state index contributed by atoms with van der Waals surface area (Å²) in [7, 11) is 1.56. The minimum Gasteiger partial charge on any atom is -0.480 e. The van der Waals surface area contributed by atoms with Crippen molar-refractivity contribution in [3.05, 3.63) is 34.6 Å². The van der Waals surface area contributed by atoms with Crippen LogP contribution in [-0.2, 0) is 11.8 Å². The molecule has 0 aliphatic heterocycles. The monoisotopic (exact) mass is 290 g/mol. The first-order chi connectivity index (χ1) is 8.38. The average Bonchev–Trinajstić information content (AvgIpc) is 2.56. The van der Waals surface area contributed by atoms with E-state index in [0.29, 0.717) is 0 Å². The van der Waals surface area contributed by atoms with E-state index in [2.05, 4.69) is 11.9 Å². The Kier molecular flexibility index (Phi) is 4.81. The zero-order valence-electron chi connectivity index (χ0n) is 9.61. The molecule has 0 aromatic carbocycles. The Balaban J connectivity index is 2.90. The number of carbonyl (C=O) groups is 2. The quantitative estimate of drug-likeness (QED) is 0.816. The van der Waals surface area contributed by atoms with Gasteiger partial charge in [-0.25, -0.2) is 4.79 Å². The zero-order valence-corrected chi connectivity index (χ0v) is 11.1. The molecule has 0 spiro atoms. The van der Waals surface area contributed by atoms with Gasteiger partial charge in [0.15, 0.2) is 0 Å². The number of hydrogen-bond donors (Lipinski definition) is 2. The van der Waals surface area contributed by atoms with Crippen molar-refractivity contribution in [3.8, 4) is 0 Å². The maximum Gasteiger partial charge on any atom is 0.326 e. The molecule has 7 heteroatoms. The maximum atomic E-state index is 11.9. The van der Waals surface area contributed by atoms with Crippen LogP contribution in [0.2, 0.25) is 10.2 Å². The molecule has 1 rings (SSSR count). The number of nitrogens with zero attached hydrogens (tertiary/aromatic N) is 1. The van der Waals surface area contributed by atoms with E-state index in [9.17, 15) is 9.59 Å². The normalized spacial score (nSPS) is 11.9. The molecule has 0 fully saturated rings. The Morgan fingerprint density at radius 1 is 1.61 bits per heavy atom. The summed E-state index contributed by atoms with van der Waals surface area (Å²) in [4.78, 5) is 22.8. The predicted molar refractivity (Wildman–Crippen MR) is 69.1 cm³/mol. The van der Waals surface area contributed by atoms with Crippen molar-refractivity contribution in [2.24, 2.45) is 7.05 Å². The van der Waals surface area contributed by atoms with Crippen LogP contribution in [0.25, 0.3) is 0 Å². The van der Waals surface area contributed by atoms with Gasteiger partial charge in [0.05, 0.1) is 5.02 Å². The van der Waals surface area contributed by atoms with E-state index in [0.717, 1.165) is 0 Å². The van der Waals surface area contributed by atoms with Crippen LogP contribution in [0.15, 0.2) is 18.7 Å². The summed E-state index contributed by atoms with van der Waals surface area (Å²) >= 11 is 11.6. The van der Waals surface area contributed by atoms with E-state index < -0.39 is 17.9 Å². The molecule has 0 radical (unpaired) electrons. The Morgan fingerprint density at radius 2 is 2.22 bits per heavy atom. The molecule has 0 saturated carbocycles. The van der Waals surface area contributed by atoms with Crippen LogP contribution in [0, 0.1) is 0 Å². The highest BCUT2D eigenvalue weighted by Gasteiger charge is 2.22. The molecule has 0 aliphatic carbocycles. The Hall–Kier alpha value is -1.46. The molecule has 1 amide bonds. The summed E-state index contributed by atoms with van der Waals surface area (Å²) in [5.74, 6) is -1.68. The largest absolute Gasteiger partial charge is 0.480 e. The lowest BCUT2D eigenvalue weighted by atomic mass is 10.2. The van der Waals surface area contributed by atoms with Crippen LogP contribution < -0.4 is 5.32 Å². The van der Waals surface area contributed by atoms with Crippen LogP contribution >= 0.6 is 23.2 Å². The van der Waals surface area contributed by atoms with Gasteiger partial charge in [0, 0.05) is 7.05 Å². The van der Waals surface area contributed by atoms with Crippen molar-refractivity contribution < 1.29 is 14.7 Å². The highest BCUT2D eigenvalue weighted by atomic mass is 35.5. The van der Waals surface area contributed by atoms with Gasteiger partial charge in [-0.1, -0.05) is 29.3 Å². The summed E-state index contributed by atoms with van der Waals surface area (Å²) in [6.45, 7) is 3.44.